The largest absolute Gasteiger partial charge is 0.478 e. The number of nitrogens with zero attached hydrogens (tertiary/aromatic N) is 2. The molecule has 1 spiro atoms. The van der Waals surface area contributed by atoms with Crippen LogP contribution in [0.3, 0.4) is 0 Å². The van der Waals surface area contributed by atoms with E-state index in [-0.39, 0.29) is 0 Å². The molecule has 3 aromatic rings. The van der Waals surface area contributed by atoms with Gasteiger partial charge in [0.25, 0.3) is 0 Å². The maximum Gasteiger partial charge on any atom is 0.335 e. The van der Waals surface area contributed by atoms with Crippen molar-refractivity contribution in [2.24, 2.45) is 5.41 Å². The van der Waals surface area contributed by atoms with Crippen LogP contribution in [-0.2, 0) is 6.54 Å². The molecule has 5 nitrogen and oxygen atoms in total. The van der Waals surface area contributed by atoms with Gasteiger partial charge in [-0.2, -0.15) is 0 Å². The molecule has 2 aliphatic carbocycles. The van der Waals surface area contributed by atoms with Crippen LogP contribution in [0.25, 0.3) is 10.9 Å². The van der Waals surface area contributed by atoms with Gasteiger partial charge in [0.1, 0.15) is 0 Å². The van der Waals surface area contributed by atoms with E-state index in [0.717, 1.165) is 19.5 Å². The van der Waals surface area contributed by atoms with Gasteiger partial charge in [0.2, 0.25) is 0 Å². The number of rotatable bonds is 6. The van der Waals surface area contributed by atoms with Crippen LogP contribution in [0.4, 0.5) is 0 Å². The fourth-order valence-electron chi connectivity index (χ4n) is 6.91. The third kappa shape index (κ3) is 3.80. The molecule has 0 amide bonds. The van der Waals surface area contributed by atoms with Crippen LogP contribution in [-0.4, -0.2) is 51.5 Å². The number of carboxylic acids is 1. The molecule has 5 heteroatoms. The topological polar surface area (TPSA) is 59.6 Å². The molecular weight excluding hydrogens is 434 g/mol. The highest BCUT2D eigenvalue weighted by atomic mass is 16.4. The third-order valence-corrected chi connectivity index (χ3v) is 9.34. The predicted octanol–water partition coefficient (Wildman–Crippen LogP) is 5.85. The third-order valence-electron chi connectivity index (χ3n) is 9.34. The Morgan fingerprint density at radius 2 is 1.89 bits per heavy atom. The maximum atomic E-state index is 11.5. The number of nitrogens with one attached hydrogen (secondary N) is 1. The molecule has 182 valence electrons. The Morgan fingerprint density at radius 1 is 1.11 bits per heavy atom. The Hall–Kier alpha value is -2.63. The zero-order valence-electron chi connectivity index (χ0n) is 20.6. The predicted molar refractivity (Wildman–Crippen MR) is 138 cm³/mol. The highest BCUT2D eigenvalue weighted by Gasteiger charge is 2.54. The van der Waals surface area contributed by atoms with Crippen molar-refractivity contribution in [3.05, 3.63) is 70.4 Å². The van der Waals surface area contributed by atoms with E-state index < -0.39 is 5.97 Å². The number of aryl methyl sites for hydroxylation is 1. The Labute approximate surface area is 207 Å². The zero-order valence-corrected chi connectivity index (χ0v) is 20.6. The van der Waals surface area contributed by atoms with Gasteiger partial charge in [-0.05, 0) is 97.2 Å². The Balaban J connectivity index is 1.21. The number of benzene rings is 2. The van der Waals surface area contributed by atoms with Gasteiger partial charge in [-0.1, -0.05) is 18.2 Å². The highest BCUT2D eigenvalue weighted by molar-refractivity contribution is 5.88. The number of aromatic nitrogens is 1. The molecule has 0 bridgehead atoms. The first kappa shape index (κ1) is 21.6. The SMILES string of the molecule is Cc1cc(C2CC2)c(CN2CC[C@H](N3CC4(CC4)C3)C[C@H]2c2ccc(C(=O)O)cc2)c2cc[nH]c12. The number of hydrogen-bond donors (Lipinski definition) is 2. The van der Waals surface area contributed by atoms with E-state index in [1.54, 1.807) is 17.7 Å². The van der Waals surface area contributed by atoms with Gasteiger partial charge in [-0.15, -0.1) is 0 Å². The van der Waals surface area contributed by atoms with Crippen molar-refractivity contribution in [2.75, 3.05) is 19.6 Å². The molecule has 0 radical (unpaired) electrons. The van der Waals surface area contributed by atoms with Crippen molar-refractivity contribution < 1.29 is 9.90 Å². The average Bonchev–Trinajstić information content (AvgIpc) is 3.77. The highest BCUT2D eigenvalue weighted by Crippen LogP contribution is 2.54. The Kier molecular flexibility index (Phi) is 4.91. The van der Waals surface area contributed by atoms with Crippen LogP contribution in [0.2, 0.25) is 0 Å². The van der Waals surface area contributed by atoms with Gasteiger partial charge in [0, 0.05) is 55.4 Å². The molecule has 1 aromatic heterocycles. The lowest BCUT2D eigenvalue weighted by molar-refractivity contribution is -0.0130. The molecule has 2 N–H and O–H groups in total. The average molecular weight is 470 g/mol. The molecule has 0 unspecified atom stereocenters. The molecule has 3 heterocycles. The zero-order chi connectivity index (χ0) is 23.7. The molecule has 35 heavy (non-hydrogen) atoms. The van der Waals surface area contributed by atoms with Crippen molar-refractivity contribution >= 4 is 16.9 Å². The van der Waals surface area contributed by atoms with Crippen LogP contribution >= 0.6 is 0 Å². The fraction of sp³-hybridized carbons (Fsp3) is 0.500. The lowest BCUT2D eigenvalue weighted by Gasteiger charge is -2.50. The molecule has 2 saturated heterocycles. The van der Waals surface area contributed by atoms with Crippen LogP contribution < -0.4 is 0 Å². The lowest BCUT2D eigenvalue weighted by atomic mass is 9.85. The first-order valence-corrected chi connectivity index (χ1v) is 13.4. The molecule has 2 saturated carbocycles. The summed E-state index contributed by atoms with van der Waals surface area (Å²) >= 11 is 0. The van der Waals surface area contributed by atoms with Crippen molar-refractivity contribution in [3.8, 4) is 0 Å². The number of aromatic amines is 1. The van der Waals surface area contributed by atoms with E-state index in [4.69, 9.17) is 0 Å². The molecular formula is C30H35N3O2. The quantitative estimate of drug-likeness (QED) is 0.475. The second kappa shape index (κ2) is 7.94. The maximum absolute atomic E-state index is 11.5. The van der Waals surface area contributed by atoms with E-state index in [9.17, 15) is 9.90 Å². The van der Waals surface area contributed by atoms with Gasteiger partial charge in [-0.25, -0.2) is 4.79 Å². The first-order valence-electron chi connectivity index (χ1n) is 13.4. The summed E-state index contributed by atoms with van der Waals surface area (Å²) in [7, 11) is 0. The van der Waals surface area contributed by atoms with Crippen molar-refractivity contribution in [1.29, 1.82) is 0 Å². The van der Waals surface area contributed by atoms with E-state index in [2.05, 4.69) is 52.2 Å². The second-order valence-corrected chi connectivity index (χ2v) is 11.8. The summed E-state index contributed by atoms with van der Waals surface area (Å²) in [4.78, 5) is 20.4. The van der Waals surface area contributed by atoms with Crippen molar-refractivity contribution in [3.63, 3.8) is 0 Å². The summed E-state index contributed by atoms with van der Waals surface area (Å²) in [6, 6.07) is 13.3. The molecule has 4 fully saturated rings. The van der Waals surface area contributed by atoms with Gasteiger partial charge >= 0.3 is 5.97 Å². The number of carbonyl (C=O) groups is 1. The fourth-order valence-corrected chi connectivity index (χ4v) is 6.91. The minimum atomic E-state index is -0.853. The van der Waals surface area contributed by atoms with Crippen LogP contribution in [0, 0.1) is 12.3 Å². The summed E-state index contributed by atoms with van der Waals surface area (Å²) in [6.45, 7) is 6.85. The van der Waals surface area contributed by atoms with Gasteiger partial charge in [-0.3, -0.25) is 9.80 Å². The molecule has 4 aliphatic rings. The Bertz CT molecular complexity index is 1280. The number of hydrogen-bond acceptors (Lipinski definition) is 3. The van der Waals surface area contributed by atoms with Crippen LogP contribution in [0.5, 0.6) is 0 Å². The standard InChI is InChI=1S/C30H35N3O2/c1-19-14-25(20-2-3-20)26(24-8-12-31-28(19)24)16-32-13-9-23(33-17-30(18-33)10-11-30)15-27(32)21-4-6-22(7-5-21)29(34)35/h4-8,12,14,20,23,27,31H,2-3,9-11,13,15-18H2,1H3,(H,34,35)/t23-,27-/m0/s1. The van der Waals surface area contributed by atoms with E-state index in [1.807, 2.05) is 0 Å². The summed E-state index contributed by atoms with van der Waals surface area (Å²) in [5.41, 5.74) is 7.98. The number of piperidine rings is 1. The van der Waals surface area contributed by atoms with Crippen molar-refractivity contribution in [1.82, 2.24) is 14.8 Å². The van der Waals surface area contributed by atoms with E-state index in [1.165, 1.54) is 72.8 Å². The number of aromatic carboxylic acids is 1. The monoisotopic (exact) mass is 469 g/mol. The van der Waals surface area contributed by atoms with Crippen LogP contribution in [0.1, 0.15) is 83.1 Å². The number of fused-ring (bicyclic) bond motifs is 1. The van der Waals surface area contributed by atoms with Gasteiger partial charge in [0.15, 0.2) is 0 Å². The second-order valence-electron chi connectivity index (χ2n) is 11.8. The molecule has 2 aliphatic heterocycles. The summed E-state index contributed by atoms with van der Waals surface area (Å²) in [6.07, 6.45) is 9.90. The Morgan fingerprint density at radius 3 is 2.57 bits per heavy atom. The first-order chi connectivity index (χ1) is 17.0. The summed E-state index contributed by atoms with van der Waals surface area (Å²) in [5, 5.41) is 10.8. The lowest BCUT2D eigenvalue weighted by Crippen LogP contribution is -2.56. The number of carboxylic acid groups (broad SMARTS) is 1. The van der Waals surface area contributed by atoms with Crippen molar-refractivity contribution in [2.45, 2.75) is 70.0 Å². The summed E-state index contributed by atoms with van der Waals surface area (Å²) < 4.78 is 0. The van der Waals surface area contributed by atoms with Crippen LogP contribution in [0.15, 0.2) is 42.6 Å². The number of likely N-dealkylation sites (tertiary alicyclic amines) is 2. The normalized spacial score (nSPS) is 26.2. The molecule has 2 atom stereocenters. The molecule has 7 rings (SSSR count). The summed E-state index contributed by atoms with van der Waals surface area (Å²) in [5.74, 6) is -0.140. The van der Waals surface area contributed by atoms with Gasteiger partial charge in [0.05, 0.1) is 5.56 Å². The number of H-pyrrole nitrogens is 1. The van der Waals surface area contributed by atoms with E-state index >= 15 is 0 Å². The van der Waals surface area contributed by atoms with E-state index in [0.29, 0.717) is 29.0 Å². The molecule has 2 aromatic carbocycles. The smallest absolute Gasteiger partial charge is 0.335 e. The minimum Gasteiger partial charge on any atom is -0.478 e. The minimum absolute atomic E-state index is 0.315. The van der Waals surface area contributed by atoms with Gasteiger partial charge < -0.3 is 10.1 Å².